The third-order valence-corrected chi connectivity index (χ3v) is 4.45. The van der Waals surface area contributed by atoms with E-state index in [1.807, 2.05) is 17.5 Å². The molecule has 0 N–H and O–H groups in total. The molecule has 1 aliphatic rings. The van der Waals surface area contributed by atoms with E-state index in [4.69, 9.17) is 9.47 Å². The Morgan fingerprint density at radius 3 is 2.83 bits per heavy atom. The maximum atomic E-state index is 12.3. The van der Waals surface area contributed by atoms with Crippen molar-refractivity contribution in [1.82, 2.24) is 14.6 Å². The number of carbonyl (C=O) groups is 1. The molecule has 130 valence electrons. The van der Waals surface area contributed by atoms with E-state index in [1.54, 1.807) is 13.1 Å². The molecule has 3 rings (SSSR count). The van der Waals surface area contributed by atoms with Crippen LogP contribution in [0.4, 0.5) is 5.82 Å². The Labute approximate surface area is 141 Å². The average molecular weight is 332 g/mol. The molecular formula is C17H24N4O3. The van der Waals surface area contributed by atoms with Crippen molar-refractivity contribution in [3.8, 4) is 0 Å². The lowest BCUT2D eigenvalue weighted by molar-refractivity contribution is 0.0518. The molecule has 2 aromatic heterocycles. The molecule has 0 bridgehead atoms. The van der Waals surface area contributed by atoms with Crippen LogP contribution in [0.15, 0.2) is 12.3 Å². The Morgan fingerprint density at radius 2 is 2.17 bits per heavy atom. The minimum absolute atomic E-state index is 0.331. The lowest BCUT2D eigenvalue weighted by atomic mass is 10.1. The monoisotopic (exact) mass is 332 g/mol. The minimum atomic E-state index is -0.386. The largest absolute Gasteiger partial charge is 0.461 e. The molecule has 1 aliphatic heterocycles. The molecule has 24 heavy (non-hydrogen) atoms. The first-order valence-electron chi connectivity index (χ1n) is 8.53. The Balaban J connectivity index is 2.11. The number of aromatic nitrogens is 3. The minimum Gasteiger partial charge on any atom is -0.461 e. The molecule has 0 amide bonds. The number of anilines is 1. The Morgan fingerprint density at radius 1 is 1.42 bits per heavy atom. The van der Waals surface area contributed by atoms with Gasteiger partial charge in [-0.2, -0.15) is 9.61 Å². The number of carbonyl (C=O) groups excluding carboxylic acids is 1. The summed E-state index contributed by atoms with van der Waals surface area (Å²) in [6, 6.07) is 2.18. The molecule has 3 heterocycles. The second kappa shape index (κ2) is 7.17. The van der Waals surface area contributed by atoms with Crippen LogP contribution in [0.5, 0.6) is 0 Å². The molecule has 0 spiro atoms. The number of rotatable bonds is 5. The predicted molar refractivity (Wildman–Crippen MR) is 90.5 cm³/mol. The highest BCUT2D eigenvalue weighted by molar-refractivity contribution is 5.91. The summed E-state index contributed by atoms with van der Waals surface area (Å²) in [4.78, 5) is 19.1. The van der Waals surface area contributed by atoms with Crippen molar-refractivity contribution >= 4 is 17.4 Å². The van der Waals surface area contributed by atoms with Crippen LogP contribution in [0.25, 0.3) is 5.65 Å². The molecule has 0 unspecified atom stereocenters. The maximum absolute atomic E-state index is 12.3. The second-order valence-electron chi connectivity index (χ2n) is 5.86. The molecule has 1 saturated heterocycles. The zero-order chi connectivity index (χ0) is 17.1. The average Bonchev–Trinajstić information content (AvgIpc) is 3.06. The zero-order valence-electron chi connectivity index (χ0n) is 14.5. The van der Waals surface area contributed by atoms with Crippen molar-refractivity contribution in [2.45, 2.75) is 39.7 Å². The van der Waals surface area contributed by atoms with E-state index >= 15 is 0 Å². The third-order valence-electron chi connectivity index (χ3n) is 4.45. The highest BCUT2D eigenvalue weighted by atomic mass is 16.5. The summed E-state index contributed by atoms with van der Waals surface area (Å²) >= 11 is 0. The first kappa shape index (κ1) is 16.7. The summed E-state index contributed by atoms with van der Waals surface area (Å²) in [6.07, 6.45) is 3.64. The predicted octanol–water partition coefficient (Wildman–Crippen LogP) is 2.22. The fourth-order valence-corrected chi connectivity index (χ4v) is 3.32. The van der Waals surface area contributed by atoms with Gasteiger partial charge in [-0.15, -0.1) is 0 Å². The van der Waals surface area contributed by atoms with Gasteiger partial charge in [0.15, 0.2) is 11.3 Å². The SMILES string of the molecule is CCOC(=O)c1nc2ccnn2c(N(CC)C2CCOCC2)c1C. The van der Waals surface area contributed by atoms with Crippen LogP contribution in [0.2, 0.25) is 0 Å². The fraction of sp³-hybridized carbons (Fsp3) is 0.588. The topological polar surface area (TPSA) is 69.0 Å². The first-order valence-corrected chi connectivity index (χ1v) is 8.53. The summed E-state index contributed by atoms with van der Waals surface area (Å²) in [6.45, 7) is 8.51. The number of fused-ring (bicyclic) bond motifs is 1. The molecule has 0 saturated carbocycles. The maximum Gasteiger partial charge on any atom is 0.357 e. The van der Waals surface area contributed by atoms with Crippen LogP contribution < -0.4 is 4.90 Å². The number of nitrogens with zero attached hydrogens (tertiary/aromatic N) is 4. The number of esters is 1. The van der Waals surface area contributed by atoms with Gasteiger partial charge in [0, 0.05) is 37.4 Å². The smallest absolute Gasteiger partial charge is 0.357 e. The van der Waals surface area contributed by atoms with Gasteiger partial charge in [0.05, 0.1) is 12.8 Å². The molecule has 1 fully saturated rings. The van der Waals surface area contributed by atoms with Gasteiger partial charge in [0.2, 0.25) is 0 Å². The lowest BCUT2D eigenvalue weighted by Gasteiger charge is -2.36. The summed E-state index contributed by atoms with van der Waals surface area (Å²) in [5.74, 6) is 0.533. The highest BCUT2D eigenvalue weighted by Crippen LogP contribution is 2.28. The Kier molecular flexibility index (Phi) is 4.99. The first-order chi connectivity index (χ1) is 11.7. The van der Waals surface area contributed by atoms with Gasteiger partial charge in [0.1, 0.15) is 5.82 Å². The second-order valence-corrected chi connectivity index (χ2v) is 5.86. The van der Waals surface area contributed by atoms with Crippen LogP contribution in [0.1, 0.15) is 42.7 Å². The van der Waals surface area contributed by atoms with Crippen LogP contribution in [0, 0.1) is 6.92 Å². The van der Waals surface area contributed by atoms with E-state index in [-0.39, 0.29) is 5.97 Å². The van der Waals surface area contributed by atoms with Crippen LogP contribution in [-0.2, 0) is 9.47 Å². The molecule has 2 aromatic rings. The van der Waals surface area contributed by atoms with Gasteiger partial charge >= 0.3 is 5.97 Å². The lowest BCUT2D eigenvalue weighted by Crippen LogP contribution is -2.41. The number of ether oxygens (including phenoxy) is 2. The van der Waals surface area contributed by atoms with E-state index in [2.05, 4.69) is 21.9 Å². The molecule has 0 aromatic carbocycles. The van der Waals surface area contributed by atoms with Gasteiger partial charge in [0.25, 0.3) is 0 Å². The van der Waals surface area contributed by atoms with Crippen molar-refractivity contribution < 1.29 is 14.3 Å². The number of hydrogen-bond donors (Lipinski definition) is 0. The Hall–Kier alpha value is -2.15. The quantitative estimate of drug-likeness (QED) is 0.782. The number of hydrogen-bond acceptors (Lipinski definition) is 6. The van der Waals surface area contributed by atoms with E-state index in [0.717, 1.165) is 44.0 Å². The van der Waals surface area contributed by atoms with E-state index in [0.29, 0.717) is 24.0 Å². The van der Waals surface area contributed by atoms with Gasteiger partial charge in [-0.05, 0) is 33.6 Å². The van der Waals surface area contributed by atoms with Crippen LogP contribution in [-0.4, -0.2) is 53.0 Å². The van der Waals surface area contributed by atoms with Gasteiger partial charge in [-0.1, -0.05) is 0 Å². The van der Waals surface area contributed by atoms with E-state index < -0.39 is 0 Å². The van der Waals surface area contributed by atoms with Crippen molar-refractivity contribution in [1.29, 1.82) is 0 Å². The van der Waals surface area contributed by atoms with Gasteiger partial charge < -0.3 is 14.4 Å². The molecule has 7 nitrogen and oxygen atoms in total. The van der Waals surface area contributed by atoms with Crippen molar-refractivity contribution in [3.05, 3.63) is 23.5 Å². The molecule has 0 aliphatic carbocycles. The van der Waals surface area contributed by atoms with Crippen LogP contribution >= 0.6 is 0 Å². The van der Waals surface area contributed by atoms with Crippen molar-refractivity contribution in [2.24, 2.45) is 0 Å². The molecule has 7 heteroatoms. The summed E-state index contributed by atoms with van der Waals surface area (Å²) < 4.78 is 12.5. The van der Waals surface area contributed by atoms with Gasteiger partial charge in [-0.3, -0.25) is 0 Å². The highest BCUT2D eigenvalue weighted by Gasteiger charge is 2.27. The molecule has 0 radical (unpaired) electrons. The normalized spacial score (nSPS) is 15.6. The third kappa shape index (κ3) is 2.96. The summed E-state index contributed by atoms with van der Waals surface area (Å²) in [7, 11) is 0. The van der Waals surface area contributed by atoms with Crippen molar-refractivity contribution in [2.75, 3.05) is 31.3 Å². The molecular weight excluding hydrogens is 308 g/mol. The van der Waals surface area contributed by atoms with E-state index in [9.17, 15) is 4.79 Å². The van der Waals surface area contributed by atoms with Gasteiger partial charge in [-0.25, -0.2) is 9.78 Å². The van der Waals surface area contributed by atoms with Crippen molar-refractivity contribution in [3.63, 3.8) is 0 Å². The summed E-state index contributed by atoms with van der Waals surface area (Å²) in [5, 5.41) is 4.42. The fourth-order valence-electron chi connectivity index (χ4n) is 3.32. The van der Waals surface area contributed by atoms with Crippen LogP contribution in [0.3, 0.4) is 0 Å². The standard InChI is InChI=1S/C17H24N4O3/c1-4-20(13-7-10-23-11-8-13)16-12(3)15(17(22)24-5-2)19-14-6-9-18-21(14)16/h6,9,13H,4-5,7-8,10-11H2,1-3H3. The van der Waals surface area contributed by atoms with E-state index in [1.165, 1.54) is 0 Å². The summed E-state index contributed by atoms with van der Waals surface area (Å²) in [5.41, 5.74) is 1.83. The Bertz CT molecular complexity index is 722. The zero-order valence-corrected chi connectivity index (χ0v) is 14.5. The molecule has 0 atom stereocenters.